The first-order valence-corrected chi connectivity index (χ1v) is 10.5. The average molecular weight is 530 g/mol. The highest BCUT2D eigenvalue weighted by molar-refractivity contribution is 14.0. The SMILES string of the molecule is I.O=[N+]([O-])c1ccc(CN=C(NCCc2cccs2)NCC2CCCCO2)cc1. The number of nitro groups is 1. The van der Waals surface area contributed by atoms with E-state index in [4.69, 9.17) is 4.74 Å². The van der Waals surface area contributed by atoms with Crippen LogP contribution < -0.4 is 10.6 Å². The Morgan fingerprint density at radius 2 is 2.07 bits per heavy atom. The van der Waals surface area contributed by atoms with Crippen molar-refractivity contribution in [3.63, 3.8) is 0 Å². The predicted octanol–water partition coefficient (Wildman–Crippen LogP) is 4.12. The van der Waals surface area contributed by atoms with Crippen molar-refractivity contribution >= 4 is 47.0 Å². The highest BCUT2D eigenvalue weighted by Crippen LogP contribution is 2.13. The van der Waals surface area contributed by atoms with Crippen LogP contribution in [0.4, 0.5) is 5.69 Å². The second-order valence-corrected chi connectivity index (χ2v) is 7.75. The van der Waals surface area contributed by atoms with Crippen molar-refractivity contribution in [2.24, 2.45) is 4.99 Å². The number of rotatable bonds is 8. The quantitative estimate of drug-likeness (QED) is 0.176. The monoisotopic (exact) mass is 530 g/mol. The Bertz CT molecular complexity index is 763. The van der Waals surface area contributed by atoms with Crippen LogP contribution in [-0.2, 0) is 17.7 Å². The lowest BCUT2D eigenvalue weighted by molar-refractivity contribution is -0.384. The van der Waals surface area contributed by atoms with Crippen molar-refractivity contribution in [2.45, 2.75) is 38.3 Å². The molecule has 0 saturated carbocycles. The number of guanidine groups is 1. The van der Waals surface area contributed by atoms with Gasteiger partial charge in [-0.1, -0.05) is 18.2 Å². The average Bonchev–Trinajstić information content (AvgIpc) is 3.24. The van der Waals surface area contributed by atoms with Gasteiger partial charge in [-0.25, -0.2) is 4.99 Å². The molecule has 0 aliphatic carbocycles. The van der Waals surface area contributed by atoms with Gasteiger partial charge >= 0.3 is 0 Å². The molecular weight excluding hydrogens is 503 g/mol. The Morgan fingerprint density at radius 1 is 1.24 bits per heavy atom. The largest absolute Gasteiger partial charge is 0.376 e. The molecular formula is C20H27IN4O3S. The van der Waals surface area contributed by atoms with E-state index in [1.54, 1.807) is 23.5 Å². The fraction of sp³-hybridized carbons (Fsp3) is 0.450. The summed E-state index contributed by atoms with van der Waals surface area (Å²) in [4.78, 5) is 16.4. The minimum Gasteiger partial charge on any atom is -0.376 e. The van der Waals surface area contributed by atoms with Gasteiger partial charge in [-0.15, -0.1) is 35.3 Å². The van der Waals surface area contributed by atoms with Crippen molar-refractivity contribution < 1.29 is 9.66 Å². The molecule has 0 spiro atoms. The van der Waals surface area contributed by atoms with Crippen molar-refractivity contribution in [2.75, 3.05) is 19.7 Å². The van der Waals surface area contributed by atoms with Gasteiger partial charge in [-0.2, -0.15) is 0 Å². The Balaban J connectivity index is 0.00000300. The zero-order chi connectivity index (χ0) is 19.6. The molecule has 7 nitrogen and oxygen atoms in total. The summed E-state index contributed by atoms with van der Waals surface area (Å²) >= 11 is 1.75. The normalized spacial score (nSPS) is 16.7. The van der Waals surface area contributed by atoms with E-state index in [-0.39, 0.29) is 35.8 Å². The summed E-state index contributed by atoms with van der Waals surface area (Å²) in [6, 6.07) is 10.7. The van der Waals surface area contributed by atoms with Gasteiger partial charge in [0.2, 0.25) is 0 Å². The van der Waals surface area contributed by atoms with Crippen LogP contribution >= 0.6 is 35.3 Å². The molecule has 1 atom stereocenters. The van der Waals surface area contributed by atoms with E-state index >= 15 is 0 Å². The molecule has 158 valence electrons. The first-order valence-electron chi connectivity index (χ1n) is 9.60. The molecule has 1 aromatic carbocycles. The Labute approximate surface area is 192 Å². The third-order valence-corrected chi connectivity index (χ3v) is 5.52. The van der Waals surface area contributed by atoms with Crippen molar-refractivity contribution in [3.05, 3.63) is 62.3 Å². The van der Waals surface area contributed by atoms with E-state index in [0.29, 0.717) is 6.54 Å². The van der Waals surface area contributed by atoms with Crippen LogP contribution in [0.3, 0.4) is 0 Å². The smallest absolute Gasteiger partial charge is 0.269 e. The topological polar surface area (TPSA) is 88.8 Å². The second-order valence-electron chi connectivity index (χ2n) is 6.71. The molecule has 2 N–H and O–H groups in total. The number of nitrogens with one attached hydrogen (secondary N) is 2. The molecule has 2 aromatic rings. The predicted molar refractivity (Wildman–Crippen MR) is 127 cm³/mol. The molecule has 1 unspecified atom stereocenters. The minimum absolute atomic E-state index is 0. The fourth-order valence-corrected chi connectivity index (χ4v) is 3.71. The standard InChI is InChI=1S/C20H26N4O3S.HI/c25-24(26)17-8-6-16(7-9-17)14-22-20(21-11-10-19-5-3-13-28-19)23-15-18-4-1-2-12-27-18;/h3,5-9,13,18H,1-2,4,10-12,14-15H2,(H2,21,22,23);1H. The minimum atomic E-state index is -0.393. The number of nitro benzene ring substituents is 1. The number of hydrogen-bond donors (Lipinski definition) is 2. The van der Waals surface area contributed by atoms with Crippen LogP contribution in [0, 0.1) is 10.1 Å². The molecule has 3 rings (SSSR count). The van der Waals surface area contributed by atoms with Gasteiger partial charge in [0, 0.05) is 36.7 Å². The molecule has 0 bridgehead atoms. The zero-order valence-electron chi connectivity index (χ0n) is 16.2. The number of hydrogen-bond acceptors (Lipinski definition) is 5. The summed E-state index contributed by atoms with van der Waals surface area (Å²) in [6.45, 7) is 2.80. The number of halogens is 1. The van der Waals surface area contributed by atoms with Gasteiger partial charge in [-0.3, -0.25) is 10.1 Å². The molecule has 0 radical (unpaired) electrons. The summed E-state index contributed by atoms with van der Waals surface area (Å²) in [5.74, 6) is 0.740. The summed E-state index contributed by atoms with van der Waals surface area (Å²) in [7, 11) is 0. The maximum absolute atomic E-state index is 10.8. The molecule has 2 heterocycles. The molecule has 1 fully saturated rings. The van der Waals surface area contributed by atoms with Crippen molar-refractivity contribution in [3.8, 4) is 0 Å². The Morgan fingerprint density at radius 3 is 2.72 bits per heavy atom. The van der Waals surface area contributed by atoms with E-state index in [1.165, 1.54) is 23.4 Å². The summed E-state index contributed by atoms with van der Waals surface area (Å²) < 4.78 is 5.78. The van der Waals surface area contributed by atoms with E-state index in [0.717, 1.165) is 50.5 Å². The number of nitrogens with zero attached hydrogens (tertiary/aromatic N) is 2. The number of ether oxygens (including phenoxy) is 1. The van der Waals surface area contributed by atoms with Crippen LogP contribution in [0.5, 0.6) is 0 Å². The molecule has 1 aliphatic rings. The summed E-state index contributed by atoms with van der Waals surface area (Å²) in [5, 5.41) is 19.6. The van der Waals surface area contributed by atoms with Gasteiger partial charge in [0.05, 0.1) is 17.6 Å². The van der Waals surface area contributed by atoms with Gasteiger partial charge in [0.1, 0.15) is 0 Å². The second kappa shape index (κ2) is 12.8. The van der Waals surface area contributed by atoms with E-state index in [1.807, 2.05) is 0 Å². The maximum atomic E-state index is 10.8. The van der Waals surface area contributed by atoms with E-state index < -0.39 is 4.92 Å². The zero-order valence-corrected chi connectivity index (χ0v) is 19.4. The maximum Gasteiger partial charge on any atom is 0.269 e. The third-order valence-electron chi connectivity index (χ3n) is 4.58. The lowest BCUT2D eigenvalue weighted by Gasteiger charge is -2.23. The van der Waals surface area contributed by atoms with Crippen LogP contribution in [0.2, 0.25) is 0 Å². The van der Waals surface area contributed by atoms with Gasteiger partial charge in [0.15, 0.2) is 5.96 Å². The number of thiophene rings is 1. The first-order chi connectivity index (χ1) is 13.7. The Kier molecular flexibility index (Phi) is 10.4. The van der Waals surface area contributed by atoms with E-state index in [2.05, 4.69) is 33.1 Å². The third kappa shape index (κ3) is 8.27. The number of non-ortho nitro benzene ring substituents is 1. The molecule has 9 heteroatoms. The lowest BCUT2D eigenvalue weighted by atomic mass is 10.1. The van der Waals surface area contributed by atoms with Crippen LogP contribution in [-0.4, -0.2) is 36.7 Å². The molecule has 0 amide bonds. The van der Waals surface area contributed by atoms with Gasteiger partial charge in [-0.05, 0) is 42.7 Å². The highest BCUT2D eigenvalue weighted by atomic mass is 127. The first kappa shape index (κ1) is 23.6. The highest BCUT2D eigenvalue weighted by Gasteiger charge is 2.14. The van der Waals surface area contributed by atoms with Crippen molar-refractivity contribution in [1.82, 2.24) is 10.6 Å². The van der Waals surface area contributed by atoms with Gasteiger partial charge in [0.25, 0.3) is 5.69 Å². The van der Waals surface area contributed by atoms with Gasteiger partial charge < -0.3 is 15.4 Å². The fourth-order valence-electron chi connectivity index (χ4n) is 3.01. The molecule has 1 saturated heterocycles. The Hall–Kier alpha value is -1.72. The van der Waals surface area contributed by atoms with E-state index in [9.17, 15) is 10.1 Å². The summed E-state index contributed by atoms with van der Waals surface area (Å²) in [6.07, 6.45) is 4.56. The van der Waals surface area contributed by atoms with Crippen LogP contribution in [0.1, 0.15) is 29.7 Å². The van der Waals surface area contributed by atoms with Crippen molar-refractivity contribution in [1.29, 1.82) is 0 Å². The molecule has 29 heavy (non-hydrogen) atoms. The summed E-state index contributed by atoms with van der Waals surface area (Å²) in [5.41, 5.74) is 1.02. The lowest BCUT2D eigenvalue weighted by Crippen LogP contribution is -2.43. The number of aliphatic imine (C=N–C) groups is 1. The van der Waals surface area contributed by atoms with Crippen LogP contribution in [0.15, 0.2) is 46.8 Å². The molecule has 1 aromatic heterocycles. The number of benzene rings is 1. The molecule has 1 aliphatic heterocycles. The van der Waals surface area contributed by atoms with Crippen LogP contribution in [0.25, 0.3) is 0 Å².